The Kier molecular flexibility index (Phi) is 4.07. The maximum absolute atomic E-state index is 12.3. The van der Waals surface area contributed by atoms with Crippen molar-refractivity contribution in [2.75, 3.05) is 5.32 Å². The van der Waals surface area contributed by atoms with Crippen LogP contribution in [0.4, 0.5) is 11.6 Å². The quantitative estimate of drug-likeness (QED) is 0.589. The number of non-ortho nitro benzene ring substituents is 1. The number of amides is 1. The molecule has 0 saturated heterocycles. The number of carbonyl (C=O) groups is 1. The lowest BCUT2D eigenvalue weighted by atomic mass is 10.2. The van der Waals surface area contributed by atoms with Crippen molar-refractivity contribution >= 4 is 17.5 Å². The first-order valence-electron chi connectivity index (χ1n) is 7.19. The fourth-order valence-corrected chi connectivity index (χ4v) is 2.34. The van der Waals surface area contributed by atoms with E-state index in [0.29, 0.717) is 5.95 Å². The van der Waals surface area contributed by atoms with Gasteiger partial charge in [-0.2, -0.15) is 0 Å². The Labute approximate surface area is 137 Å². The molecule has 0 saturated carbocycles. The first-order valence-corrected chi connectivity index (χ1v) is 7.19. The molecule has 0 aliphatic rings. The van der Waals surface area contributed by atoms with Crippen molar-refractivity contribution < 1.29 is 9.72 Å². The molecule has 1 amide bonds. The second-order valence-corrected chi connectivity index (χ2v) is 5.15. The van der Waals surface area contributed by atoms with Crippen molar-refractivity contribution in [3.63, 3.8) is 0 Å². The van der Waals surface area contributed by atoms with Crippen LogP contribution in [0.25, 0.3) is 11.3 Å². The number of nitro groups is 1. The Bertz CT molecular complexity index is 903. The second kappa shape index (κ2) is 6.33. The minimum atomic E-state index is -0.537. The first-order chi connectivity index (χ1) is 11.6. The molecule has 1 aromatic heterocycles. The van der Waals surface area contributed by atoms with Crippen molar-refractivity contribution in [2.24, 2.45) is 7.05 Å². The minimum absolute atomic E-state index is 0.132. The van der Waals surface area contributed by atoms with Crippen LogP contribution >= 0.6 is 0 Å². The molecule has 24 heavy (non-hydrogen) atoms. The zero-order valence-electron chi connectivity index (χ0n) is 12.8. The van der Waals surface area contributed by atoms with E-state index in [0.717, 1.165) is 11.3 Å². The van der Waals surface area contributed by atoms with Gasteiger partial charge in [-0.3, -0.25) is 20.2 Å². The molecule has 7 nitrogen and oxygen atoms in total. The molecule has 0 fully saturated rings. The van der Waals surface area contributed by atoms with Crippen LogP contribution in [0.15, 0.2) is 60.8 Å². The van der Waals surface area contributed by atoms with Crippen LogP contribution in [0, 0.1) is 10.1 Å². The van der Waals surface area contributed by atoms with Crippen molar-refractivity contribution in [1.82, 2.24) is 9.55 Å². The number of rotatable bonds is 4. The lowest BCUT2D eigenvalue weighted by Gasteiger charge is -2.07. The Morgan fingerprint density at radius 1 is 1.17 bits per heavy atom. The maximum atomic E-state index is 12.3. The van der Waals surface area contributed by atoms with E-state index in [1.807, 2.05) is 30.3 Å². The Hall–Kier alpha value is -3.48. The summed E-state index contributed by atoms with van der Waals surface area (Å²) in [4.78, 5) is 26.8. The molecule has 1 N–H and O–H groups in total. The van der Waals surface area contributed by atoms with Crippen molar-refractivity contribution in [3.8, 4) is 11.3 Å². The molecule has 3 aromatic rings. The molecule has 1 heterocycles. The molecule has 2 aromatic carbocycles. The zero-order chi connectivity index (χ0) is 17.1. The highest BCUT2D eigenvalue weighted by Gasteiger charge is 2.15. The van der Waals surface area contributed by atoms with E-state index in [2.05, 4.69) is 10.3 Å². The third-order valence-electron chi connectivity index (χ3n) is 3.60. The second-order valence-electron chi connectivity index (χ2n) is 5.15. The molecular formula is C17H14N4O3. The van der Waals surface area contributed by atoms with E-state index in [1.165, 1.54) is 24.3 Å². The highest BCUT2D eigenvalue weighted by molar-refractivity contribution is 6.03. The van der Waals surface area contributed by atoms with Gasteiger partial charge in [0.25, 0.3) is 11.6 Å². The number of nitrogens with zero attached hydrogens (tertiary/aromatic N) is 3. The summed E-state index contributed by atoms with van der Waals surface area (Å²) in [5.74, 6) is -0.0858. The molecule has 3 rings (SSSR count). The third-order valence-corrected chi connectivity index (χ3v) is 3.60. The van der Waals surface area contributed by atoms with Crippen molar-refractivity contribution in [3.05, 3.63) is 76.5 Å². The molecular weight excluding hydrogens is 308 g/mol. The Morgan fingerprint density at radius 3 is 2.62 bits per heavy atom. The van der Waals surface area contributed by atoms with Crippen LogP contribution in [0.2, 0.25) is 0 Å². The van der Waals surface area contributed by atoms with Crippen LogP contribution in [0.3, 0.4) is 0 Å². The summed E-state index contributed by atoms with van der Waals surface area (Å²) in [5.41, 5.74) is 1.90. The highest BCUT2D eigenvalue weighted by atomic mass is 16.6. The average molecular weight is 322 g/mol. The smallest absolute Gasteiger partial charge is 0.270 e. The number of nitrogens with one attached hydrogen (secondary N) is 1. The molecule has 0 atom stereocenters. The van der Waals surface area contributed by atoms with Gasteiger partial charge in [-0.1, -0.05) is 36.4 Å². The van der Waals surface area contributed by atoms with Gasteiger partial charge < -0.3 is 4.57 Å². The topological polar surface area (TPSA) is 90.1 Å². The van der Waals surface area contributed by atoms with Gasteiger partial charge in [0.1, 0.15) is 0 Å². The normalized spacial score (nSPS) is 10.4. The number of benzene rings is 2. The van der Waals surface area contributed by atoms with Crippen molar-refractivity contribution in [2.45, 2.75) is 0 Å². The standard InChI is InChI=1S/C17H14N4O3/c1-20-15(12-6-3-2-4-7-12)11-18-17(20)19-16(22)13-8-5-9-14(10-13)21(23)24/h2-11H,1H3,(H,18,19,22). The molecule has 0 bridgehead atoms. The number of imidazole rings is 1. The number of anilines is 1. The van der Waals surface area contributed by atoms with Crippen LogP contribution in [0.1, 0.15) is 10.4 Å². The van der Waals surface area contributed by atoms with Gasteiger partial charge in [0.05, 0.1) is 16.8 Å². The van der Waals surface area contributed by atoms with E-state index in [9.17, 15) is 14.9 Å². The zero-order valence-corrected chi connectivity index (χ0v) is 12.8. The predicted molar refractivity (Wildman–Crippen MR) is 89.7 cm³/mol. The summed E-state index contributed by atoms with van der Waals surface area (Å²) in [6.45, 7) is 0. The molecule has 0 spiro atoms. The molecule has 0 aliphatic heterocycles. The monoisotopic (exact) mass is 322 g/mol. The summed E-state index contributed by atoms with van der Waals surface area (Å²) >= 11 is 0. The van der Waals surface area contributed by atoms with Crippen molar-refractivity contribution in [1.29, 1.82) is 0 Å². The Morgan fingerprint density at radius 2 is 1.92 bits per heavy atom. The lowest BCUT2D eigenvalue weighted by molar-refractivity contribution is -0.384. The number of aromatic nitrogens is 2. The number of carbonyl (C=O) groups excluding carboxylic acids is 1. The molecule has 0 aliphatic carbocycles. The average Bonchev–Trinajstić information content (AvgIpc) is 2.96. The molecule has 0 unspecified atom stereocenters. The summed E-state index contributed by atoms with van der Waals surface area (Å²) < 4.78 is 1.75. The molecule has 0 radical (unpaired) electrons. The van der Waals surface area contributed by atoms with E-state index in [-0.39, 0.29) is 11.3 Å². The highest BCUT2D eigenvalue weighted by Crippen LogP contribution is 2.22. The van der Waals surface area contributed by atoms with Gasteiger partial charge in [-0.25, -0.2) is 4.98 Å². The van der Waals surface area contributed by atoms with Gasteiger partial charge in [-0.15, -0.1) is 0 Å². The molecule has 7 heteroatoms. The summed E-state index contributed by atoms with van der Waals surface area (Å²) in [7, 11) is 1.79. The van der Waals surface area contributed by atoms with E-state index in [1.54, 1.807) is 17.8 Å². The fourth-order valence-electron chi connectivity index (χ4n) is 2.34. The number of nitro benzene ring substituents is 1. The van der Waals surface area contributed by atoms with Crippen LogP contribution in [-0.4, -0.2) is 20.4 Å². The van der Waals surface area contributed by atoms with E-state index < -0.39 is 10.8 Å². The van der Waals surface area contributed by atoms with Gasteiger partial charge in [0.2, 0.25) is 5.95 Å². The SMILES string of the molecule is Cn1c(-c2ccccc2)cnc1NC(=O)c1cccc([N+](=O)[O-])c1. The number of hydrogen-bond donors (Lipinski definition) is 1. The van der Waals surface area contributed by atoms with E-state index >= 15 is 0 Å². The third kappa shape index (κ3) is 3.00. The van der Waals surface area contributed by atoms with E-state index in [4.69, 9.17) is 0 Å². The fraction of sp³-hybridized carbons (Fsp3) is 0.0588. The van der Waals surface area contributed by atoms with Crippen LogP contribution in [-0.2, 0) is 7.05 Å². The van der Waals surface area contributed by atoms with Gasteiger partial charge >= 0.3 is 0 Å². The molecule has 120 valence electrons. The lowest BCUT2D eigenvalue weighted by Crippen LogP contribution is -2.15. The predicted octanol–water partition coefficient (Wildman–Crippen LogP) is 3.25. The largest absolute Gasteiger partial charge is 0.313 e. The first kappa shape index (κ1) is 15.4. The summed E-state index contributed by atoms with van der Waals surface area (Å²) in [6, 6.07) is 15.2. The maximum Gasteiger partial charge on any atom is 0.270 e. The van der Waals surface area contributed by atoms with Gasteiger partial charge in [0.15, 0.2) is 0 Å². The van der Waals surface area contributed by atoms with Crippen LogP contribution < -0.4 is 5.32 Å². The summed E-state index contributed by atoms with van der Waals surface area (Å²) in [5, 5.41) is 13.5. The Balaban J connectivity index is 1.84. The van der Waals surface area contributed by atoms with Crippen LogP contribution in [0.5, 0.6) is 0 Å². The van der Waals surface area contributed by atoms with Gasteiger partial charge in [-0.05, 0) is 11.6 Å². The minimum Gasteiger partial charge on any atom is -0.313 e. The summed E-state index contributed by atoms with van der Waals surface area (Å²) in [6.07, 6.45) is 1.67. The number of hydrogen-bond acceptors (Lipinski definition) is 4. The van der Waals surface area contributed by atoms with Gasteiger partial charge in [0, 0.05) is 24.7 Å².